The third-order valence-electron chi connectivity index (χ3n) is 1.47. The summed E-state index contributed by atoms with van der Waals surface area (Å²) in [6.45, 7) is 0. The van der Waals surface area contributed by atoms with E-state index in [1.54, 1.807) is 6.07 Å². The summed E-state index contributed by atoms with van der Waals surface area (Å²) < 4.78 is 5.08. The molecule has 2 heterocycles. The van der Waals surface area contributed by atoms with Gasteiger partial charge in [0.25, 0.3) is 0 Å². The highest BCUT2D eigenvalue weighted by molar-refractivity contribution is 6.34. The lowest BCUT2D eigenvalue weighted by Crippen LogP contribution is -1.86. The van der Waals surface area contributed by atoms with E-state index in [0.29, 0.717) is 16.4 Å². The van der Waals surface area contributed by atoms with Gasteiger partial charge in [-0.2, -0.15) is 0 Å². The van der Waals surface area contributed by atoms with Crippen LogP contribution in [0.5, 0.6) is 0 Å². The largest absolute Gasteiger partial charge is 0.462 e. The molecule has 0 saturated heterocycles. The Labute approximate surface area is 67.8 Å². The summed E-state index contributed by atoms with van der Waals surface area (Å²) in [4.78, 5) is 3.86. The van der Waals surface area contributed by atoms with Crippen molar-refractivity contribution < 1.29 is 4.42 Å². The number of hydrogen-bond donors (Lipinski definition) is 1. The van der Waals surface area contributed by atoms with Gasteiger partial charge in [-0.15, -0.1) is 0 Å². The van der Waals surface area contributed by atoms with Crippen molar-refractivity contribution in [1.82, 2.24) is 4.98 Å². The molecule has 0 saturated carbocycles. The number of anilines is 1. The molecule has 2 aromatic rings. The fourth-order valence-corrected chi connectivity index (χ4v) is 1.15. The number of nitrogens with two attached hydrogens (primary N) is 1. The third kappa shape index (κ3) is 0.851. The minimum absolute atomic E-state index is 0.419. The summed E-state index contributed by atoms with van der Waals surface area (Å²) >= 11 is 5.74. The van der Waals surface area contributed by atoms with Gasteiger partial charge < -0.3 is 10.2 Å². The Morgan fingerprint density at radius 2 is 2.36 bits per heavy atom. The van der Waals surface area contributed by atoms with Crippen LogP contribution in [0.2, 0.25) is 5.15 Å². The third-order valence-corrected chi connectivity index (χ3v) is 1.77. The number of fused-ring (bicyclic) bond motifs is 1. The highest BCUT2D eigenvalue weighted by atomic mass is 35.5. The fourth-order valence-electron chi connectivity index (χ4n) is 0.950. The second-order valence-corrected chi connectivity index (χ2v) is 2.53. The minimum Gasteiger partial charge on any atom is -0.462 e. The molecule has 0 radical (unpaired) electrons. The van der Waals surface area contributed by atoms with Gasteiger partial charge >= 0.3 is 0 Å². The van der Waals surface area contributed by atoms with Crippen molar-refractivity contribution in [1.29, 1.82) is 0 Å². The van der Waals surface area contributed by atoms with Crippen LogP contribution in [-0.2, 0) is 0 Å². The molecule has 2 N–H and O–H groups in total. The first-order valence-electron chi connectivity index (χ1n) is 3.06. The van der Waals surface area contributed by atoms with Crippen LogP contribution in [0, 0.1) is 0 Å². The van der Waals surface area contributed by atoms with E-state index < -0.39 is 0 Å². The molecule has 0 spiro atoms. The van der Waals surface area contributed by atoms with E-state index >= 15 is 0 Å². The molecule has 2 aromatic heterocycles. The lowest BCUT2D eigenvalue weighted by molar-refractivity contribution is 0.617. The molecular weight excluding hydrogens is 164 g/mol. The normalized spacial score (nSPS) is 10.6. The predicted molar refractivity (Wildman–Crippen MR) is 43.4 cm³/mol. The molecule has 0 atom stereocenters. The van der Waals surface area contributed by atoms with Gasteiger partial charge in [-0.1, -0.05) is 11.6 Å². The van der Waals surface area contributed by atoms with Crippen molar-refractivity contribution in [3.63, 3.8) is 0 Å². The number of pyridine rings is 1. The smallest absolute Gasteiger partial charge is 0.161 e. The Morgan fingerprint density at radius 1 is 1.55 bits per heavy atom. The van der Waals surface area contributed by atoms with Gasteiger partial charge in [0.1, 0.15) is 5.15 Å². The minimum atomic E-state index is 0.419. The lowest BCUT2D eigenvalue weighted by Gasteiger charge is -1.94. The molecular formula is C7H5ClN2O. The van der Waals surface area contributed by atoms with Crippen LogP contribution in [-0.4, -0.2) is 4.98 Å². The first-order chi connectivity index (χ1) is 5.29. The molecule has 11 heavy (non-hydrogen) atoms. The first-order valence-corrected chi connectivity index (χ1v) is 3.44. The van der Waals surface area contributed by atoms with Crippen molar-refractivity contribution in [2.24, 2.45) is 0 Å². The maximum Gasteiger partial charge on any atom is 0.161 e. The van der Waals surface area contributed by atoms with Crippen molar-refractivity contribution >= 4 is 28.3 Å². The molecule has 0 aromatic carbocycles. The SMILES string of the molecule is Nc1cnc(Cl)c2ccoc12. The summed E-state index contributed by atoms with van der Waals surface area (Å²) in [6.07, 6.45) is 3.02. The van der Waals surface area contributed by atoms with E-state index in [2.05, 4.69) is 4.98 Å². The Morgan fingerprint density at radius 3 is 3.09 bits per heavy atom. The van der Waals surface area contributed by atoms with Crippen LogP contribution < -0.4 is 5.73 Å². The number of furan rings is 1. The van der Waals surface area contributed by atoms with Crippen LogP contribution in [0.25, 0.3) is 11.0 Å². The topological polar surface area (TPSA) is 52.0 Å². The fraction of sp³-hybridized carbons (Fsp3) is 0. The Hall–Kier alpha value is -1.22. The molecule has 0 fully saturated rings. The van der Waals surface area contributed by atoms with Gasteiger partial charge in [0.15, 0.2) is 5.58 Å². The molecule has 4 heteroatoms. The van der Waals surface area contributed by atoms with Crippen molar-refractivity contribution in [2.45, 2.75) is 0 Å². The zero-order valence-electron chi connectivity index (χ0n) is 5.54. The van der Waals surface area contributed by atoms with E-state index in [9.17, 15) is 0 Å². The first kappa shape index (κ1) is 6.49. The number of aromatic nitrogens is 1. The molecule has 0 aliphatic carbocycles. The summed E-state index contributed by atoms with van der Waals surface area (Å²) in [5, 5.41) is 1.18. The van der Waals surface area contributed by atoms with Crippen LogP contribution in [0.3, 0.4) is 0 Å². The number of halogens is 1. The Bertz CT molecular complexity index is 360. The van der Waals surface area contributed by atoms with Gasteiger partial charge in [-0.3, -0.25) is 0 Å². The highest BCUT2D eigenvalue weighted by Gasteiger charge is 2.05. The van der Waals surface area contributed by atoms with Crippen LogP contribution >= 0.6 is 11.6 Å². The molecule has 0 aliphatic heterocycles. The average molecular weight is 169 g/mol. The molecule has 2 rings (SSSR count). The summed E-state index contributed by atoms with van der Waals surface area (Å²) in [5.41, 5.74) is 6.67. The van der Waals surface area contributed by atoms with E-state index in [0.717, 1.165) is 5.39 Å². The summed E-state index contributed by atoms with van der Waals surface area (Å²) in [5.74, 6) is 0. The second-order valence-electron chi connectivity index (χ2n) is 2.17. The molecule has 0 unspecified atom stereocenters. The lowest BCUT2D eigenvalue weighted by atomic mass is 10.3. The maximum absolute atomic E-state index is 5.74. The monoisotopic (exact) mass is 168 g/mol. The standard InChI is InChI=1S/C7H5ClN2O/c8-7-4-1-2-11-6(4)5(9)3-10-7/h1-3H,9H2. The van der Waals surface area contributed by atoms with Gasteiger partial charge in [-0.05, 0) is 6.07 Å². The van der Waals surface area contributed by atoms with Gasteiger partial charge in [0.2, 0.25) is 0 Å². The Kier molecular flexibility index (Phi) is 1.26. The number of hydrogen-bond acceptors (Lipinski definition) is 3. The van der Waals surface area contributed by atoms with E-state index in [1.807, 2.05) is 0 Å². The van der Waals surface area contributed by atoms with E-state index in [-0.39, 0.29) is 0 Å². The number of nitrogen functional groups attached to an aromatic ring is 1. The van der Waals surface area contributed by atoms with Crippen LogP contribution in [0.1, 0.15) is 0 Å². The summed E-state index contributed by atoms with van der Waals surface area (Å²) in [6, 6.07) is 1.74. The van der Waals surface area contributed by atoms with Crippen LogP contribution in [0.4, 0.5) is 5.69 Å². The van der Waals surface area contributed by atoms with Gasteiger partial charge in [0, 0.05) is 0 Å². The number of nitrogens with zero attached hydrogens (tertiary/aromatic N) is 1. The number of rotatable bonds is 0. The molecule has 56 valence electrons. The summed E-state index contributed by atoms with van der Waals surface area (Å²) in [7, 11) is 0. The molecule has 0 amide bonds. The quantitative estimate of drug-likeness (QED) is 0.613. The maximum atomic E-state index is 5.74. The average Bonchev–Trinajstić information content (AvgIpc) is 2.45. The predicted octanol–water partition coefficient (Wildman–Crippen LogP) is 2.06. The Balaban J connectivity index is 2.96. The molecule has 3 nitrogen and oxygen atoms in total. The zero-order chi connectivity index (χ0) is 7.84. The highest BCUT2D eigenvalue weighted by Crippen LogP contribution is 2.26. The second kappa shape index (κ2) is 2.13. The van der Waals surface area contributed by atoms with Crippen molar-refractivity contribution in [3.05, 3.63) is 23.7 Å². The zero-order valence-corrected chi connectivity index (χ0v) is 6.30. The van der Waals surface area contributed by atoms with Crippen LogP contribution in [0.15, 0.2) is 22.9 Å². The molecule has 0 aliphatic rings. The van der Waals surface area contributed by atoms with Gasteiger partial charge in [-0.25, -0.2) is 4.98 Å². The van der Waals surface area contributed by atoms with E-state index in [1.165, 1.54) is 12.5 Å². The van der Waals surface area contributed by atoms with Crippen molar-refractivity contribution in [3.8, 4) is 0 Å². The van der Waals surface area contributed by atoms with Gasteiger partial charge in [0.05, 0.1) is 23.5 Å². The van der Waals surface area contributed by atoms with Crippen molar-refractivity contribution in [2.75, 3.05) is 5.73 Å². The van der Waals surface area contributed by atoms with E-state index in [4.69, 9.17) is 21.8 Å². The molecule has 0 bridgehead atoms.